The predicted molar refractivity (Wildman–Crippen MR) is 70.1 cm³/mol. The Balaban J connectivity index is 1.99. The molecule has 104 valence electrons. The summed E-state index contributed by atoms with van der Waals surface area (Å²) in [5, 5.41) is 8.72. The minimum absolute atomic E-state index is 0.194. The van der Waals surface area contributed by atoms with E-state index in [0.29, 0.717) is 6.04 Å². The van der Waals surface area contributed by atoms with E-state index >= 15 is 0 Å². The van der Waals surface area contributed by atoms with Gasteiger partial charge in [-0.05, 0) is 18.2 Å². The number of hydrogen-bond donors (Lipinski definition) is 3. The van der Waals surface area contributed by atoms with Crippen LogP contribution in [0, 0.1) is 0 Å². The minimum atomic E-state index is -2.57. The summed E-state index contributed by atoms with van der Waals surface area (Å²) in [5.74, 6) is -0.595. The lowest BCUT2D eigenvalue weighted by Gasteiger charge is -2.29. The van der Waals surface area contributed by atoms with Gasteiger partial charge in [-0.1, -0.05) is 11.6 Å². The van der Waals surface area contributed by atoms with Crippen molar-refractivity contribution in [2.45, 2.75) is 12.5 Å². The molecule has 0 unspecified atom stereocenters. The smallest absolute Gasteiger partial charge is 0.255 e. The van der Waals surface area contributed by atoms with E-state index in [-0.39, 0.29) is 10.6 Å². The Morgan fingerprint density at radius 1 is 1.47 bits per heavy atom. The minimum Gasteiger partial charge on any atom is -0.380 e. The normalized spacial score (nSPS) is 15.2. The molecule has 1 aromatic carbocycles. The fourth-order valence-electron chi connectivity index (χ4n) is 1.68. The molecule has 2 rings (SSSR count). The molecular weight excluding hydrogens is 276 g/mol. The van der Waals surface area contributed by atoms with E-state index in [0.717, 1.165) is 18.8 Å². The molecular formula is C12H14ClF2N3O. The van der Waals surface area contributed by atoms with Gasteiger partial charge in [-0.25, -0.2) is 8.78 Å². The molecule has 0 saturated carbocycles. The molecule has 3 N–H and O–H groups in total. The van der Waals surface area contributed by atoms with Crippen LogP contribution in [-0.4, -0.2) is 38.0 Å². The second-order valence-electron chi connectivity index (χ2n) is 4.30. The molecule has 1 amide bonds. The van der Waals surface area contributed by atoms with E-state index in [1.165, 1.54) is 6.07 Å². The number of hydrogen-bond acceptors (Lipinski definition) is 3. The highest BCUT2D eigenvalue weighted by Gasteiger charge is 2.17. The molecule has 7 heteroatoms. The lowest BCUT2D eigenvalue weighted by atomic mass is 10.1. The van der Waals surface area contributed by atoms with Crippen LogP contribution in [0.2, 0.25) is 5.02 Å². The third-order valence-corrected chi connectivity index (χ3v) is 3.10. The summed E-state index contributed by atoms with van der Waals surface area (Å²) >= 11 is 5.98. The topological polar surface area (TPSA) is 53.2 Å². The first kappa shape index (κ1) is 14.0. The fraction of sp³-hybridized carbons (Fsp3) is 0.417. The van der Waals surface area contributed by atoms with E-state index in [1.807, 2.05) is 0 Å². The SMILES string of the molecule is O=C(NCC(F)F)c1ccc(NC2CNC2)cc1Cl. The summed E-state index contributed by atoms with van der Waals surface area (Å²) in [4.78, 5) is 11.6. The Morgan fingerprint density at radius 3 is 2.74 bits per heavy atom. The average molecular weight is 290 g/mol. The molecule has 1 aliphatic rings. The van der Waals surface area contributed by atoms with E-state index in [4.69, 9.17) is 11.6 Å². The maximum Gasteiger partial charge on any atom is 0.255 e. The first-order valence-electron chi connectivity index (χ1n) is 5.89. The molecule has 0 bridgehead atoms. The van der Waals surface area contributed by atoms with Gasteiger partial charge in [0.25, 0.3) is 12.3 Å². The average Bonchev–Trinajstić information content (AvgIpc) is 2.31. The predicted octanol–water partition coefficient (Wildman–Crippen LogP) is 1.72. The Kier molecular flexibility index (Phi) is 4.55. The van der Waals surface area contributed by atoms with E-state index < -0.39 is 18.9 Å². The highest BCUT2D eigenvalue weighted by molar-refractivity contribution is 6.34. The molecule has 0 atom stereocenters. The molecule has 1 aromatic rings. The van der Waals surface area contributed by atoms with Gasteiger partial charge in [-0.2, -0.15) is 0 Å². The Morgan fingerprint density at radius 2 is 2.21 bits per heavy atom. The standard InChI is InChI=1S/C12H14ClF2N3O/c13-10-3-7(18-8-4-16-5-8)1-2-9(10)12(19)17-6-11(14)15/h1-3,8,11,16,18H,4-6H2,(H,17,19). The van der Waals surface area contributed by atoms with Crippen molar-refractivity contribution in [3.63, 3.8) is 0 Å². The van der Waals surface area contributed by atoms with Crippen LogP contribution in [0.1, 0.15) is 10.4 Å². The van der Waals surface area contributed by atoms with Gasteiger partial charge in [0.1, 0.15) is 0 Å². The van der Waals surface area contributed by atoms with E-state index in [2.05, 4.69) is 16.0 Å². The van der Waals surface area contributed by atoms with Crippen LogP contribution in [0.15, 0.2) is 18.2 Å². The summed E-state index contributed by atoms with van der Waals surface area (Å²) in [6.45, 7) is 1.09. The molecule has 1 aliphatic heterocycles. The van der Waals surface area contributed by atoms with E-state index in [1.54, 1.807) is 12.1 Å². The molecule has 4 nitrogen and oxygen atoms in total. The number of amides is 1. The lowest BCUT2D eigenvalue weighted by molar-refractivity contribution is 0.0892. The van der Waals surface area contributed by atoms with Gasteiger partial charge in [0.05, 0.1) is 23.2 Å². The molecule has 0 aliphatic carbocycles. The zero-order valence-electron chi connectivity index (χ0n) is 10.1. The van der Waals surface area contributed by atoms with Gasteiger partial charge in [0.2, 0.25) is 0 Å². The van der Waals surface area contributed by atoms with Crippen molar-refractivity contribution in [2.24, 2.45) is 0 Å². The first-order valence-corrected chi connectivity index (χ1v) is 6.27. The number of nitrogens with one attached hydrogen (secondary N) is 3. The van der Waals surface area contributed by atoms with Gasteiger partial charge in [0, 0.05) is 18.8 Å². The van der Waals surface area contributed by atoms with Gasteiger partial charge < -0.3 is 16.0 Å². The maximum absolute atomic E-state index is 12.0. The fourth-order valence-corrected chi connectivity index (χ4v) is 1.95. The quantitative estimate of drug-likeness (QED) is 0.774. The molecule has 0 spiro atoms. The van der Waals surface area contributed by atoms with Gasteiger partial charge in [-0.15, -0.1) is 0 Å². The summed E-state index contributed by atoms with van der Waals surface area (Å²) < 4.78 is 24.0. The molecule has 1 heterocycles. The number of halogens is 3. The van der Waals surface area contributed by atoms with Crippen LogP contribution < -0.4 is 16.0 Å². The highest BCUT2D eigenvalue weighted by atomic mass is 35.5. The molecule has 1 saturated heterocycles. The summed E-state index contributed by atoms with van der Waals surface area (Å²) in [7, 11) is 0. The largest absolute Gasteiger partial charge is 0.380 e. The van der Waals surface area contributed by atoms with Crippen molar-refractivity contribution in [2.75, 3.05) is 25.0 Å². The van der Waals surface area contributed by atoms with Crippen LogP contribution in [0.25, 0.3) is 0 Å². The monoisotopic (exact) mass is 289 g/mol. The highest BCUT2D eigenvalue weighted by Crippen LogP contribution is 2.22. The van der Waals surface area contributed by atoms with Crippen LogP contribution >= 0.6 is 11.6 Å². The third-order valence-electron chi connectivity index (χ3n) is 2.78. The van der Waals surface area contributed by atoms with Crippen molar-refractivity contribution in [3.05, 3.63) is 28.8 Å². The molecule has 19 heavy (non-hydrogen) atoms. The van der Waals surface area contributed by atoms with Crippen molar-refractivity contribution >= 4 is 23.2 Å². The van der Waals surface area contributed by atoms with Gasteiger partial charge in [0.15, 0.2) is 0 Å². The Labute approximate surface area is 114 Å². The summed E-state index contributed by atoms with van der Waals surface area (Å²) in [6, 6.07) is 5.21. The second kappa shape index (κ2) is 6.16. The number of rotatable bonds is 5. The third kappa shape index (κ3) is 3.78. The molecule has 1 fully saturated rings. The van der Waals surface area contributed by atoms with E-state index in [9.17, 15) is 13.6 Å². The maximum atomic E-state index is 12.0. The van der Waals surface area contributed by atoms with Crippen LogP contribution in [-0.2, 0) is 0 Å². The lowest BCUT2D eigenvalue weighted by Crippen LogP contribution is -2.51. The first-order chi connectivity index (χ1) is 9.06. The Hall–Kier alpha value is -1.40. The summed E-state index contributed by atoms with van der Waals surface area (Å²) in [5.41, 5.74) is 1.00. The van der Waals surface area contributed by atoms with Crippen LogP contribution in [0.3, 0.4) is 0 Å². The van der Waals surface area contributed by atoms with Crippen molar-refractivity contribution in [1.82, 2.24) is 10.6 Å². The summed E-state index contributed by atoms with van der Waals surface area (Å²) in [6.07, 6.45) is -2.57. The van der Waals surface area contributed by atoms with Crippen molar-refractivity contribution in [3.8, 4) is 0 Å². The zero-order chi connectivity index (χ0) is 13.8. The zero-order valence-corrected chi connectivity index (χ0v) is 10.8. The number of benzene rings is 1. The number of anilines is 1. The van der Waals surface area contributed by atoms with Crippen molar-refractivity contribution in [1.29, 1.82) is 0 Å². The number of carbonyl (C=O) groups is 1. The molecule has 0 radical (unpaired) electrons. The van der Waals surface area contributed by atoms with Crippen LogP contribution in [0.4, 0.5) is 14.5 Å². The van der Waals surface area contributed by atoms with Gasteiger partial charge >= 0.3 is 0 Å². The van der Waals surface area contributed by atoms with Gasteiger partial charge in [-0.3, -0.25) is 4.79 Å². The Bertz CT molecular complexity index is 466. The number of carbonyl (C=O) groups excluding carboxylic acids is 1. The molecule has 0 aromatic heterocycles. The van der Waals surface area contributed by atoms with Crippen LogP contribution in [0.5, 0.6) is 0 Å². The van der Waals surface area contributed by atoms with Crippen molar-refractivity contribution < 1.29 is 13.6 Å². The second-order valence-corrected chi connectivity index (χ2v) is 4.70. The number of alkyl halides is 2.